The van der Waals surface area contributed by atoms with E-state index in [9.17, 15) is 5.11 Å². The molecule has 0 bridgehead atoms. The fraction of sp³-hybridized carbons (Fsp3) is 0.944. The van der Waals surface area contributed by atoms with Crippen molar-refractivity contribution in [1.29, 1.82) is 0 Å². The molecule has 0 aromatic heterocycles. The van der Waals surface area contributed by atoms with Gasteiger partial charge in [0.05, 0.1) is 25.4 Å². The van der Waals surface area contributed by atoms with Gasteiger partial charge in [-0.25, -0.2) is 0 Å². The number of likely N-dealkylation sites (tertiary alicyclic amines) is 1. The highest BCUT2D eigenvalue weighted by atomic mass is 127. The summed E-state index contributed by atoms with van der Waals surface area (Å²) in [5.41, 5.74) is -0.562. The summed E-state index contributed by atoms with van der Waals surface area (Å²) in [6.45, 7) is 10.7. The van der Waals surface area contributed by atoms with Gasteiger partial charge in [-0.15, -0.1) is 24.0 Å². The third kappa shape index (κ3) is 6.22. The van der Waals surface area contributed by atoms with Gasteiger partial charge in [-0.1, -0.05) is 12.8 Å². The maximum Gasteiger partial charge on any atom is 0.194 e. The molecule has 0 radical (unpaired) electrons. The van der Waals surface area contributed by atoms with Gasteiger partial charge < -0.3 is 20.1 Å². The number of rotatable bonds is 5. The summed E-state index contributed by atoms with van der Waals surface area (Å²) < 4.78 is 5.44. The van der Waals surface area contributed by atoms with Gasteiger partial charge in [0.25, 0.3) is 0 Å². The summed E-state index contributed by atoms with van der Waals surface area (Å²) in [5.74, 6) is 1.70. The third-order valence-electron chi connectivity index (χ3n) is 5.60. The van der Waals surface area contributed by atoms with E-state index in [2.05, 4.69) is 22.0 Å². The Balaban J connectivity index is 0.00000225. The Hall–Kier alpha value is -0.120. The van der Waals surface area contributed by atoms with Crippen molar-refractivity contribution < 1.29 is 9.84 Å². The highest BCUT2D eigenvalue weighted by Crippen LogP contribution is 2.29. The molecule has 1 unspecified atom stereocenters. The lowest BCUT2D eigenvalue weighted by Crippen LogP contribution is -2.43. The number of ether oxygens (including phenoxy) is 1. The van der Waals surface area contributed by atoms with Crippen LogP contribution in [0, 0.1) is 5.92 Å². The maximum atomic E-state index is 10.5. The molecular formula is C18H35IN4O2. The molecule has 0 amide bonds. The van der Waals surface area contributed by atoms with Crippen LogP contribution in [-0.4, -0.2) is 85.5 Å². The summed E-state index contributed by atoms with van der Waals surface area (Å²) >= 11 is 0. The monoisotopic (exact) mass is 466 g/mol. The average Bonchev–Trinajstić information content (AvgIpc) is 3.22. The van der Waals surface area contributed by atoms with E-state index in [1.807, 2.05) is 0 Å². The van der Waals surface area contributed by atoms with Gasteiger partial charge in [0.2, 0.25) is 0 Å². The molecule has 2 saturated heterocycles. The number of nitrogens with one attached hydrogen (secondary N) is 1. The lowest BCUT2D eigenvalue weighted by molar-refractivity contribution is 0.0315. The largest absolute Gasteiger partial charge is 0.388 e. The first-order chi connectivity index (χ1) is 11.7. The lowest BCUT2D eigenvalue weighted by atomic mass is 10.0. The van der Waals surface area contributed by atoms with E-state index in [0.717, 1.165) is 77.6 Å². The van der Waals surface area contributed by atoms with E-state index in [-0.39, 0.29) is 24.0 Å². The number of morpholine rings is 1. The molecule has 2 N–H and O–H groups in total. The molecule has 146 valence electrons. The van der Waals surface area contributed by atoms with Crippen LogP contribution >= 0.6 is 24.0 Å². The van der Waals surface area contributed by atoms with Crippen molar-refractivity contribution in [1.82, 2.24) is 15.1 Å². The molecule has 0 aromatic carbocycles. The van der Waals surface area contributed by atoms with Gasteiger partial charge in [-0.3, -0.25) is 9.89 Å². The summed E-state index contributed by atoms with van der Waals surface area (Å²) in [7, 11) is 0. The third-order valence-corrected chi connectivity index (χ3v) is 5.60. The zero-order chi connectivity index (χ0) is 16.8. The smallest absolute Gasteiger partial charge is 0.194 e. The van der Waals surface area contributed by atoms with Crippen LogP contribution in [0.1, 0.15) is 39.0 Å². The first kappa shape index (κ1) is 21.2. The topological polar surface area (TPSA) is 60.3 Å². The quantitative estimate of drug-likeness (QED) is 0.366. The molecule has 0 aromatic rings. The van der Waals surface area contributed by atoms with Crippen LogP contribution in [0.5, 0.6) is 0 Å². The molecule has 7 heteroatoms. The van der Waals surface area contributed by atoms with Crippen molar-refractivity contribution in [3.8, 4) is 0 Å². The zero-order valence-electron chi connectivity index (χ0n) is 15.6. The second kappa shape index (κ2) is 10.3. The molecule has 2 aliphatic heterocycles. The minimum Gasteiger partial charge on any atom is -0.388 e. The fourth-order valence-corrected chi connectivity index (χ4v) is 4.16. The van der Waals surface area contributed by atoms with Crippen LogP contribution in [0.4, 0.5) is 0 Å². The molecule has 1 aliphatic carbocycles. The average molecular weight is 466 g/mol. The van der Waals surface area contributed by atoms with Crippen LogP contribution in [0.3, 0.4) is 0 Å². The molecule has 3 fully saturated rings. The molecule has 0 spiro atoms. The summed E-state index contributed by atoms with van der Waals surface area (Å²) in [6.07, 6.45) is 5.29. The van der Waals surface area contributed by atoms with E-state index < -0.39 is 5.60 Å². The number of aliphatic imine (C=N–C) groups is 1. The molecular weight excluding hydrogens is 431 g/mol. The number of aliphatic hydroxyl groups is 1. The number of hydrogen-bond acceptors (Lipinski definition) is 4. The van der Waals surface area contributed by atoms with Gasteiger partial charge in [0, 0.05) is 39.3 Å². The minimum atomic E-state index is -0.562. The van der Waals surface area contributed by atoms with E-state index >= 15 is 0 Å². The Bertz CT molecular complexity index is 423. The summed E-state index contributed by atoms with van der Waals surface area (Å²) in [5, 5.41) is 14.0. The van der Waals surface area contributed by atoms with Gasteiger partial charge in [-0.05, 0) is 32.1 Å². The van der Waals surface area contributed by atoms with E-state index in [0.29, 0.717) is 12.5 Å². The predicted octanol–water partition coefficient (Wildman–Crippen LogP) is 1.53. The fourth-order valence-electron chi connectivity index (χ4n) is 4.16. The van der Waals surface area contributed by atoms with E-state index in [1.165, 1.54) is 13.0 Å². The highest BCUT2D eigenvalue weighted by Gasteiger charge is 2.32. The zero-order valence-corrected chi connectivity index (χ0v) is 17.9. The molecule has 1 saturated carbocycles. The van der Waals surface area contributed by atoms with Gasteiger partial charge in [-0.2, -0.15) is 0 Å². The number of halogens is 1. The van der Waals surface area contributed by atoms with Gasteiger partial charge >= 0.3 is 0 Å². The number of nitrogens with zero attached hydrogens (tertiary/aromatic N) is 3. The molecule has 1 atom stereocenters. The molecule has 6 nitrogen and oxygen atoms in total. The predicted molar refractivity (Wildman–Crippen MR) is 112 cm³/mol. The van der Waals surface area contributed by atoms with Crippen molar-refractivity contribution >= 4 is 29.9 Å². The Morgan fingerprint density at radius 1 is 1.24 bits per heavy atom. The maximum absolute atomic E-state index is 10.5. The van der Waals surface area contributed by atoms with Crippen LogP contribution in [0.25, 0.3) is 0 Å². The standard InChI is InChI=1S/C18H34N4O2.HI/c1-2-19-17(20-15-18(23)6-3-4-7-18)22-8-5-16(14-22)13-21-9-11-24-12-10-21;/h16,23H,2-15H2,1H3,(H,19,20);1H. The first-order valence-electron chi connectivity index (χ1n) is 9.74. The van der Waals surface area contributed by atoms with Crippen LogP contribution in [0.2, 0.25) is 0 Å². The lowest BCUT2D eigenvalue weighted by Gasteiger charge is -2.29. The molecule has 25 heavy (non-hydrogen) atoms. The minimum absolute atomic E-state index is 0. The molecule has 3 aliphatic rings. The van der Waals surface area contributed by atoms with Crippen molar-refractivity contribution in [2.24, 2.45) is 10.9 Å². The highest BCUT2D eigenvalue weighted by molar-refractivity contribution is 14.0. The second-order valence-electron chi connectivity index (χ2n) is 7.62. The van der Waals surface area contributed by atoms with Crippen molar-refractivity contribution in [3.05, 3.63) is 0 Å². The second-order valence-corrected chi connectivity index (χ2v) is 7.62. The molecule has 2 heterocycles. The number of guanidine groups is 1. The van der Waals surface area contributed by atoms with Crippen molar-refractivity contribution in [2.75, 3.05) is 59.0 Å². The summed E-state index contributed by atoms with van der Waals surface area (Å²) in [6, 6.07) is 0. The van der Waals surface area contributed by atoms with Gasteiger partial charge in [0.1, 0.15) is 0 Å². The first-order valence-corrected chi connectivity index (χ1v) is 9.74. The summed E-state index contributed by atoms with van der Waals surface area (Å²) in [4.78, 5) is 9.69. The Labute approximate surface area is 169 Å². The van der Waals surface area contributed by atoms with Crippen molar-refractivity contribution in [3.63, 3.8) is 0 Å². The van der Waals surface area contributed by atoms with Crippen LogP contribution in [0.15, 0.2) is 4.99 Å². The number of hydrogen-bond donors (Lipinski definition) is 2. The Morgan fingerprint density at radius 3 is 2.64 bits per heavy atom. The Kier molecular flexibility index (Phi) is 8.71. The van der Waals surface area contributed by atoms with Crippen molar-refractivity contribution in [2.45, 2.75) is 44.6 Å². The van der Waals surface area contributed by atoms with Gasteiger partial charge in [0.15, 0.2) is 5.96 Å². The van der Waals surface area contributed by atoms with Crippen LogP contribution < -0.4 is 5.32 Å². The van der Waals surface area contributed by atoms with E-state index in [4.69, 9.17) is 9.73 Å². The Morgan fingerprint density at radius 2 is 1.96 bits per heavy atom. The van der Waals surface area contributed by atoms with E-state index in [1.54, 1.807) is 0 Å². The molecule has 3 rings (SSSR count). The SMILES string of the molecule is CCNC(=NCC1(O)CCCC1)N1CCC(CN2CCOCC2)C1.I. The normalized spacial score (nSPS) is 27.4. The van der Waals surface area contributed by atoms with Crippen LogP contribution in [-0.2, 0) is 4.74 Å².